The van der Waals surface area contributed by atoms with Crippen LogP contribution in [0.1, 0.15) is 16.6 Å². The summed E-state index contributed by atoms with van der Waals surface area (Å²) in [5, 5.41) is 0.681. The zero-order valence-corrected chi connectivity index (χ0v) is 15.9. The van der Waals surface area contributed by atoms with E-state index in [0.717, 1.165) is 5.69 Å². The third-order valence-corrected chi connectivity index (χ3v) is 5.29. The van der Waals surface area contributed by atoms with Crippen molar-refractivity contribution in [2.75, 3.05) is 6.61 Å². The highest BCUT2D eigenvalue weighted by molar-refractivity contribution is 7.21. The molecule has 0 amide bonds. The van der Waals surface area contributed by atoms with E-state index >= 15 is 0 Å². The third kappa shape index (κ3) is 3.30. The largest absolute Gasteiger partial charge is 0.462 e. The summed E-state index contributed by atoms with van der Waals surface area (Å²) in [5.74, 6) is 0.529. The molecule has 2 aromatic carbocycles. The molecule has 140 valence electrons. The van der Waals surface area contributed by atoms with Crippen molar-refractivity contribution in [2.45, 2.75) is 6.92 Å². The molecular weight excluding hydrogens is 374 g/mol. The summed E-state index contributed by atoms with van der Waals surface area (Å²) in [7, 11) is 0. The first-order valence-electron chi connectivity index (χ1n) is 8.83. The third-order valence-electron chi connectivity index (χ3n) is 4.13. The van der Waals surface area contributed by atoms with Crippen LogP contribution in [0.15, 0.2) is 77.6 Å². The van der Waals surface area contributed by atoms with Crippen molar-refractivity contribution < 1.29 is 14.3 Å². The quantitative estimate of drug-likeness (QED) is 0.448. The van der Waals surface area contributed by atoms with Crippen LogP contribution in [0.4, 0.5) is 0 Å². The Balaban J connectivity index is 1.97. The van der Waals surface area contributed by atoms with Gasteiger partial charge in [-0.3, -0.25) is 9.36 Å². The standard InChI is InChI=1S/C22H17NO4S/c1-2-26-22(25)20-19(27-16-11-7-4-8-12-16)17-13-14-18(24)23(21(17)28-20)15-9-5-3-6-10-15/h3-14H,2H2,1H3. The minimum absolute atomic E-state index is 0.179. The van der Waals surface area contributed by atoms with Crippen LogP contribution < -0.4 is 10.3 Å². The Bertz CT molecular complexity index is 1180. The number of para-hydroxylation sites is 2. The molecule has 0 N–H and O–H groups in total. The number of carbonyl (C=O) groups excluding carboxylic acids is 1. The number of aromatic nitrogens is 1. The second-order valence-corrected chi connectivity index (χ2v) is 6.96. The topological polar surface area (TPSA) is 57.5 Å². The lowest BCUT2D eigenvalue weighted by atomic mass is 10.2. The predicted octanol–water partition coefficient (Wildman–Crippen LogP) is 5.02. The van der Waals surface area contributed by atoms with Gasteiger partial charge in [0, 0.05) is 6.07 Å². The van der Waals surface area contributed by atoms with E-state index in [-0.39, 0.29) is 12.2 Å². The first-order valence-corrected chi connectivity index (χ1v) is 9.64. The Morgan fingerprint density at radius 2 is 1.64 bits per heavy atom. The van der Waals surface area contributed by atoms with Crippen molar-refractivity contribution in [1.82, 2.24) is 4.57 Å². The van der Waals surface area contributed by atoms with E-state index in [9.17, 15) is 9.59 Å². The number of hydrogen-bond donors (Lipinski definition) is 0. The smallest absolute Gasteiger partial charge is 0.352 e. The molecule has 0 atom stereocenters. The van der Waals surface area contributed by atoms with Crippen molar-refractivity contribution in [1.29, 1.82) is 0 Å². The average Bonchev–Trinajstić information content (AvgIpc) is 3.08. The molecular formula is C22H17NO4S. The summed E-state index contributed by atoms with van der Waals surface area (Å²) in [6.07, 6.45) is 0. The molecule has 4 rings (SSSR count). The van der Waals surface area contributed by atoms with Crippen LogP contribution in [0, 0.1) is 0 Å². The van der Waals surface area contributed by atoms with Crippen LogP contribution in [0.5, 0.6) is 11.5 Å². The molecule has 6 heteroatoms. The zero-order chi connectivity index (χ0) is 19.5. The second-order valence-electron chi connectivity index (χ2n) is 5.96. The molecule has 5 nitrogen and oxygen atoms in total. The lowest BCUT2D eigenvalue weighted by Crippen LogP contribution is -2.16. The molecule has 0 radical (unpaired) electrons. The van der Waals surface area contributed by atoms with Gasteiger partial charge in [0.2, 0.25) is 0 Å². The van der Waals surface area contributed by atoms with E-state index in [1.54, 1.807) is 17.6 Å². The maximum atomic E-state index is 12.6. The number of hydrogen-bond acceptors (Lipinski definition) is 5. The monoisotopic (exact) mass is 391 g/mol. The van der Waals surface area contributed by atoms with Gasteiger partial charge in [-0.15, -0.1) is 11.3 Å². The Morgan fingerprint density at radius 3 is 2.32 bits per heavy atom. The van der Waals surface area contributed by atoms with Crippen molar-refractivity contribution in [3.8, 4) is 17.2 Å². The fraction of sp³-hybridized carbons (Fsp3) is 0.0909. The normalized spacial score (nSPS) is 10.8. The highest BCUT2D eigenvalue weighted by Crippen LogP contribution is 2.40. The Labute approximate surface area is 165 Å². The Morgan fingerprint density at radius 1 is 0.964 bits per heavy atom. The zero-order valence-electron chi connectivity index (χ0n) is 15.1. The van der Waals surface area contributed by atoms with Gasteiger partial charge in [0.25, 0.3) is 5.56 Å². The molecule has 2 heterocycles. The van der Waals surface area contributed by atoms with Crippen LogP contribution >= 0.6 is 11.3 Å². The van der Waals surface area contributed by atoms with Gasteiger partial charge in [-0.05, 0) is 37.3 Å². The van der Waals surface area contributed by atoms with Gasteiger partial charge in [-0.2, -0.15) is 0 Å². The van der Waals surface area contributed by atoms with E-state index in [1.165, 1.54) is 17.4 Å². The molecule has 0 saturated heterocycles. The second kappa shape index (κ2) is 7.70. The van der Waals surface area contributed by atoms with Crippen LogP contribution in [0.2, 0.25) is 0 Å². The van der Waals surface area contributed by atoms with Crippen molar-refractivity contribution >= 4 is 27.5 Å². The summed E-state index contributed by atoms with van der Waals surface area (Å²) in [4.78, 5) is 26.2. The fourth-order valence-electron chi connectivity index (χ4n) is 2.92. The van der Waals surface area contributed by atoms with E-state index in [4.69, 9.17) is 9.47 Å². The van der Waals surface area contributed by atoms with Gasteiger partial charge in [0.15, 0.2) is 10.6 Å². The minimum atomic E-state index is -0.471. The highest BCUT2D eigenvalue weighted by atomic mass is 32.1. The summed E-state index contributed by atoms with van der Waals surface area (Å²) < 4.78 is 12.9. The molecule has 0 aliphatic carbocycles. The number of carbonyl (C=O) groups is 1. The summed E-state index contributed by atoms with van der Waals surface area (Å²) >= 11 is 1.19. The van der Waals surface area contributed by atoms with Crippen LogP contribution in [0.3, 0.4) is 0 Å². The Kier molecular flexibility index (Phi) is 4.95. The summed E-state index contributed by atoms with van der Waals surface area (Å²) in [6.45, 7) is 2.01. The van der Waals surface area contributed by atoms with Gasteiger partial charge in [0.05, 0.1) is 17.7 Å². The number of ether oxygens (including phenoxy) is 2. The maximum absolute atomic E-state index is 12.6. The van der Waals surface area contributed by atoms with Crippen molar-refractivity contribution in [3.05, 3.63) is 88.0 Å². The number of thiophene rings is 1. The maximum Gasteiger partial charge on any atom is 0.352 e. The lowest BCUT2D eigenvalue weighted by molar-refractivity contribution is 0.0529. The molecule has 0 spiro atoms. The molecule has 0 aliphatic rings. The average molecular weight is 391 g/mol. The molecule has 0 saturated carbocycles. The Hall–Kier alpha value is -3.38. The number of nitrogens with zero attached hydrogens (tertiary/aromatic N) is 1. The number of benzene rings is 2. The van der Waals surface area contributed by atoms with Gasteiger partial charge < -0.3 is 9.47 Å². The first kappa shape index (κ1) is 18.0. The SMILES string of the molecule is CCOC(=O)c1sc2c(ccc(=O)n2-c2ccccc2)c1Oc1ccccc1. The van der Waals surface area contributed by atoms with Gasteiger partial charge in [0.1, 0.15) is 10.6 Å². The van der Waals surface area contributed by atoms with Crippen molar-refractivity contribution in [2.24, 2.45) is 0 Å². The summed E-state index contributed by atoms with van der Waals surface area (Å²) in [5.41, 5.74) is 0.544. The van der Waals surface area contributed by atoms with E-state index in [2.05, 4.69) is 0 Å². The van der Waals surface area contributed by atoms with Crippen LogP contribution in [0.25, 0.3) is 15.9 Å². The first-order chi connectivity index (χ1) is 13.7. The number of esters is 1. The number of rotatable bonds is 5. The van der Waals surface area contributed by atoms with E-state index < -0.39 is 5.97 Å². The number of fused-ring (bicyclic) bond motifs is 1. The highest BCUT2D eigenvalue weighted by Gasteiger charge is 2.24. The molecule has 28 heavy (non-hydrogen) atoms. The number of pyridine rings is 1. The summed E-state index contributed by atoms with van der Waals surface area (Å²) in [6, 6.07) is 21.7. The molecule has 0 bridgehead atoms. The molecule has 2 aromatic heterocycles. The predicted molar refractivity (Wildman–Crippen MR) is 110 cm³/mol. The van der Waals surface area contributed by atoms with Gasteiger partial charge >= 0.3 is 5.97 Å². The molecule has 0 aliphatic heterocycles. The molecule has 4 aromatic rings. The fourth-order valence-corrected chi connectivity index (χ4v) is 4.06. The minimum Gasteiger partial charge on any atom is -0.462 e. The van der Waals surface area contributed by atoms with E-state index in [1.807, 2.05) is 60.7 Å². The van der Waals surface area contributed by atoms with Gasteiger partial charge in [-0.25, -0.2) is 4.79 Å². The van der Waals surface area contributed by atoms with Crippen molar-refractivity contribution in [3.63, 3.8) is 0 Å². The van der Waals surface area contributed by atoms with Crippen LogP contribution in [-0.4, -0.2) is 17.1 Å². The van der Waals surface area contributed by atoms with Crippen LogP contribution in [-0.2, 0) is 4.74 Å². The van der Waals surface area contributed by atoms with E-state index in [0.29, 0.717) is 26.6 Å². The molecule has 0 unspecified atom stereocenters. The molecule has 0 fully saturated rings. The van der Waals surface area contributed by atoms with Gasteiger partial charge in [-0.1, -0.05) is 36.4 Å². The lowest BCUT2D eigenvalue weighted by Gasteiger charge is -2.08.